The summed E-state index contributed by atoms with van der Waals surface area (Å²) in [5.74, 6) is 1.64. The van der Waals surface area contributed by atoms with Gasteiger partial charge in [-0.2, -0.15) is 0 Å². The topological polar surface area (TPSA) is 75.1 Å². The number of phenolic OH excluding ortho intramolecular Hbond substituents is 1. The Labute approximate surface area is 162 Å². The predicted octanol–water partition coefficient (Wildman–Crippen LogP) is 2.89. The van der Waals surface area contributed by atoms with E-state index in [1.165, 1.54) is 0 Å². The van der Waals surface area contributed by atoms with E-state index in [1.54, 1.807) is 32.4 Å². The van der Waals surface area contributed by atoms with Crippen LogP contribution in [0.25, 0.3) is 0 Å². The minimum absolute atomic E-state index is 0. The Balaban J connectivity index is 0.00000529. The van der Waals surface area contributed by atoms with Crippen LogP contribution >= 0.6 is 24.0 Å². The normalized spacial score (nSPS) is 10.9. The van der Waals surface area contributed by atoms with Gasteiger partial charge in [-0.15, -0.1) is 24.0 Å². The number of hydrogen-bond donors (Lipinski definition) is 3. The summed E-state index contributed by atoms with van der Waals surface area (Å²) >= 11 is 0. The smallest absolute Gasteiger partial charge is 0.191 e. The summed E-state index contributed by atoms with van der Waals surface area (Å²) in [5.41, 5.74) is 0.759. The van der Waals surface area contributed by atoms with Crippen LogP contribution in [0.1, 0.15) is 31.7 Å². The van der Waals surface area contributed by atoms with Crippen molar-refractivity contribution in [3.8, 4) is 11.5 Å². The van der Waals surface area contributed by atoms with E-state index in [4.69, 9.17) is 9.47 Å². The number of benzene rings is 1. The first-order chi connectivity index (χ1) is 11.2. The molecule has 24 heavy (non-hydrogen) atoms. The van der Waals surface area contributed by atoms with Crippen molar-refractivity contribution in [2.75, 3.05) is 33.9 Å². The molecule has 0 aliphatic rings. The van der Waals surface area contributed by atoms with E-state index in [0.717, 1.165) is 44.6 Å². The van der Waals surface area contributed by atoms with Gasteiger partial charge in [0.25, 0.3) is 0 Å². The molecule has 0 atom stereocenters. The van der Waals surface area contributed by atoms with Gasteiger partial charge in [0, 0.05) is 38.9 Å². The number of unbranched alkanes of at least 4 members (excludes halogenated alkanes) is 1. The maximum atomic E-state index is 9.86. The zero-order chi connectivity index (χ0) is 16.9. The van der Waals surface area contributed by atoms with Gasteiger partial charge < -0.3 is 25.2 Å². The van der Waals surface area contributed by atoms with Crippen molar-refractivity contribution in [1.82, 2.24) is 10.6 Å². The van der Waals surface area contributed by atoms with Crippen molar-refractivity contribution in [1.29, 1.82) is 0 Å². The van der Waals surface area contributed by atoms with Crippen LogP contribution in [0.3, 0.4) is 0 Å². The quantitative estimate of drug-likeness (QED) is 0.221. The van der Waals surface area contributed by atoms with Gasteiger partial charge in [-0.3, -0.25) is 4.99 Å². The molecule has 0 saturated heterocycles. The van der Waals surface area contributed by atoms with E-state index in [0.29, 0.717) is 18.3 Å². The molecule has 0 spiro atoms. The van der Waals surface area contributed by atoms with Crippen molar-refractivity contribution in [3.05, 3.63) is 23.8 Å². The molecular formula is C17H30IN3O3. The third-order valence-corrected chi connectivity index (χ3v) is 3.36. The molecule has 0 aliphatic carbocycles. The first-order valence-electron chi connectivity index (χ1n) is 8.09. The van der Waals surface area contributed by atoms with Gasteiger partial charge in [-0.1, -0.05) is 13.3 Å². The fourth-order valence-corrected chi connectivity index (χ4v) is 1.96. The molecule has 0 aliphatic heterocycles. The monoisotopic (exact) mass is 451 g/mol. The number of nitrogens with one attached hydrogen (secondary N) is 2. The van der Waals surface area contributed by atoms with Crippen LogP contribution in [0.4, 0.5) is 0 Å². The molecule has 3 N–H and O–H groups in total. The molecule has 0 amide bonds. The second kappa shape index (κ2) is 14.2. The van der Waals surface area contributed by atoms with Crippen molar-refractivity contribution in [3.63, 3.8) is 0 Å². The van der Waals surface area contributed by atoms with Crippen LogP contribution in [0.2, 0.25) is 0 Å². The second-order valence-corrected chi connectivity index (χ2v) is 5.17. The number of phenols is 1. The summed E-state index contributed by atoms with van der Waals surface area (Å²) in [4.78, 5) is 4.16. The Morgan fingerprint density at radius 3 is 2.62 bits per heavy atom. The van der Waals surface area contributed by atoms with E-state index in [9.17, 15) is 5.11 Å². The molecule has 1 aromatic carbocycles. The molecule has 6 nitrogen and oxygen atoms in total. The number of methoxy groups -OCH3 is 1. The Bertz CT molecular complexity index is 484. The summed E-state index contributed by atoms with van der Waals surface area (Å²) in [7, 11) is 3.32. The Hall–Kier alpha value is -1.22. The number of aliphatic imine (C=N–C) groups is 1. The molecule has 138 valence electrons. The van der Waals surface area contributed by atoms with E-state index in [1.807, 2.05) is 0 Å². The van der Waals surface area contributed by atoms with Crippen LogP contribution in [0, 0.1) is 0 Å². The van der Waals surface area contributed by atoms with Crippen LogP contribution in [0.15, 0.2) is 23.2 Å². The van der Waals surface area contributed by atoms with Crippen LogP contribution < -0.4 is 15.4 Å². The van der Waals surface area contributed by atoms with Gasteiger partial charge in [-0.05, 0) is 31.0 Å². The van der Waals surface area contributed by atoms with Gasteiger partial charge in [0.15, 0.2) is 5.96 Å². The molecular weight excluding hydrogens is 421 g/mol. The minimum Gasteiger partial charge on any atom is -0.508 e. The summed E-state index contributed by atoms with van der Waals surface area (Å²) in [6.45, 7) is 4.99. The van der Waals surface area contributed by atoms with E-state index < -0.39 is 0 Å². The third kappa shape index (κ3) is 9.17. The van der Waals surface area contributed by atoms with Gasteiger partial charge >= 0.3 is 0 Å². The Morgan fingerprint density at radius 2 is 1.96 bits per heavy atom. The number of nitrogens with zero attached hydrogens (tertiary/aromatic N) is 1. The summed E-state index contributed by atoms with van der Waals surface area (Å²) < 4.78 is 10.7. The largest absolute Gasteiger partial charge is 0.508 e. The standard InChI is InChI=1S/C17H29N3O3.HI/c1-4-5-10-23-11-6-9-19-17(18-2)20-13-14-12-15(22-3)7-8-16(14)21;/h7-8,12,21H,4-6,9-11,13H2,1-3H3,(H2,18,19,20);1H. The minimum atomic E-state index is 0. The summed E-state index contributed by atoms with van der Waals surface area (Å²) in [6, 6.07) is 5.15. The molecule has 7 heteroatoms. The van der Waals surface area contributed by atoms with Crippen molar-refractivity contribution in [2.45, 2.75) is 32.7 Å². The van der Waals surface area contributed by atoms with E-state index >= 15 is 0 Å². The van der Waals surface area contributed by atoms with Gasteiger partial charge in [0.05, 0.1) is 7.11 Å². The number of aromatic hydroxyl groups is 1. The van der Waals surface area contributed by atoms with Crippen LogP contribution in [0.5, 0.6) is 11.5 Å². The maximum absolute atomic E-state index is 9.86. The zero-order valence-electron chi connectivity index (χ0n) is 14.8. The lowest BCUT2D eigenvalue weighted by Crippen LogP contribution is -2.37. The Kier molecular flexibility index (Phi) is 13.4. The molecule has 0 fully saturated rings. The summed E-state index contributed by atoms with van der Waals surface area (Å²) in [6.07, 6.45) is 3.20. The van der Waals surface area contributed by atoms with Crippen LogP contribution in [-0.2, 0) is 11.3 Å². The van der Waals surface area contributed by atoms with Gasteiger partial charge in [-0.25, -0.2) is 0 Å². The fraction of sp³-hybridized carbons (Fsp3) is 0.588. The average molecular weight is 451 g/mol. The predicted molar refractivity (Wildman–Crippen MR) is 109 cm³/mol. The Morgan fingerprint density at radius 1 is 1.21 bits per heavy atom. The van der Waals surface area contributed by atoms with Gasteiger partial charge in [0.1, 0.15) is 11.5 Å². The SMILES string of the molecule is CCCCOCCCNC(=NC)NCc1cc(OC)ccc1O.I. The van der Waals surface area contributed by atoms with Gasteiger partial charge in [0.2, 0.25) is 0 Å². The van der Waals surface area contributed by atoms with Crippen molar-refractivity contribution < 1.29 is 14.6 Å². The molecule has 1 rings (SSSR count). The molecule has 0 bridgehead atoms. The third-order valence-electron chi connectivity index (χ3n) is 3.36. The number of hydrogen-bond acceptors (Lipinski definition) is 4. The number of guanidine groups is 1. The first-order valence-corrected chi connectivity index (χ1v) is 8.09. The molecule has 1 aromatic rings. The van der Waals surface area contributed by atoms with Crippen molar-refractivity contribution in [2.24, 2.45) is 4.99 Å². The highest BCUT2D eigenvalue weighted by Gasteiger charge is 2.04. The lowest BCUT2D eigenvalue weighted by Gasteiger charge is -2.13. The number of rotatable bonds is 10. The zero-order valence-corrected chi connectivity index (χ0v) is 17.1. The molecule has 0 aromatic heterocycles. The molecule has 0 unspecified atom stereocenters. The average Bonchev–Trinajstić information content (AvgIpc) is 2.58. The fourth-order valence-electron chi connectivity index (χ4n) is 1.96. The highest BCUT2D eigenvalue weighted by molar-refractivity contribution is 14.0. The lowest BCUT2D eigenvalue weighted by molar-refractivity contribution is 0.129. The van der Waals surface area contributed by atoms with Crippen LogP contribution in [-0.4, -0.2) is 45.0 Å². The maximum Gasteiger partial charge on any atom is 0.191 e. The highest BCUT2D eigenvalue weighted by atomic mass is 127. The number of ether oxygens (including phenoxy) is 2. The first kappa shape index (κ1) is 22.8. The molecule has 0 saturated carbocycles. The molecule has 0 heterocycles. The van der Waals surface area contributed by atoms with E-state index in [-0.39, 0.29) is 29.7 Å². The number of halogens is 1. The summed E-state index contributed by atoms with van der Waals surface area (Å²) in [5, 5.41) is 16.3. The highest BCUT2D eigenvalue weighted by Crippen LogP contribution is 2.22. The van der Waals surface area contributed by atoms with E-state index in [2.05, 4.69) is 22.5 Å². The second-order valence-electron chi connectivity index (χ2n) is 5.17. The van der Waals surface area contributed by atoms with Crippen molar-refractivity contribution >= 4 is 29.9 Å². The molecule has 0 radical (unpaired) electrons. The lowest BCUT2D eigenvalue weighted by atomic mass is 10.2.